The zero-order valence-electron chi connectivity index (χ0n) is 21.1. The summed E-state index contributed by atoms with van der Waals surface area (Å²) < 4.78 is 48.4. The number of benzene rings is 3. The van der Waals surface area contributed by atoms with E-state index in [2.05, 4.69) is 0 Å². The van der Waals surface area contributed by atoms with Gasteiger partial charge in [0.25, 0.3) is 10.1 Å². The highest BCUT2D eigenvalue weighted by Gasteiger charge is 2.30. The van der Waals surface area contributed by atoms with E-state index in [0.29, 0.717) is 5.30 Å². The molecule has 0 aliphatic heterocycles. The molecule has 0 saturated heterocycles. The van der Waals surface area contributed by atoms with Crippen LogP contribution < -0.4 is 25.4 Å². The molecule has 2 saturated carbocycles. The van der Waals surface area contributed by atoms with Crippen LogP contribution in [0.15, 0.2) is 77.7 Å². The fourth-order valence-corrected chi connectivity index (χ4v) is 9.13. The van der Waals surface area contributed by atoms with E-state index in [1.54, 1.807) is 6.07 Å². The van der Waals surface area contributed by atoms with Gasteiger partial charge in [-0.05, 0) is 77.5 Å². The summed E-state index contributed by atoms with van der Waals surface area (Å²) in [7, 11) is -5.86. The summed E-state index contributed by atoms with van der Waals surface area (Å²) in [5.74, 6) is 1.55. The minimum absolute atomic E-state index is 0.0685. The molecule has 2 fully saturated rings. The van der Waals surface area contributed by atoms with Crippen molar-refractivity contribution in [2.75, 3.05) is 0 Å². The molecule has 0 spiro atoms. The van der Waals surface area contributed by atoms with Gasteiger partial charge < -0.3 is 9.47 Å². The highest BCUT2D eigenvalue weighted by Crippen LogP contribution is 2.42. The second kappa shape index (κ2) is 12.0. The Kier molecular flexibility index (Phi) is 8.49. The Morgan fingerprint density at radius 3 is 1.46 bits per heavy atom. The fraction of sp³-hybridized carbons (Fsp3) is 0.400. The fourth-order valence-electron chi connectivity index (χ4n) is 5.46. The minimum Gasteiger partial charge on any atom is -0.490 e. The van der Waals surface area contributed by atoms with Crippen molar-refractivity contribution in [2.24, 2.45) is 0 Å². The number of rotatable bonds is 8. The van der Waals surface area contributed by atoms with Crippen LogP contribution in [-0.4, -0.2) is 25.2 Å². The predicted molar refractivity (Wildman–Crippen MR) is 150 cm³/mol. The molecular weight excluding hydrogens is 503 g/mol. The molecule has 196 valence electrons. The Bertz CT molecular complexity index is 1230. The first-order valence-corrected chi connectivity index (χ1v) is 16.2. The summed E-state index contributed by atoms with van der Waals surface area (Å²) in [4.78, 5) is -0.0685. The van der Waals surface area contributed by atoms with Crippen LogP contribution in [0.5, 0.6) is 11.5 Å². The number of para-hydroxylation sites is 2. The lowest BCUT2D eigenvalue weighted by Crippen LogP contribution is -2.30. The largest absolute Gasteiger partial charge is 0.490 e. The van der Waals surface area contributed by atoms with E-state index < -0.39 is 18.0 Å². The average molecular weight is 539 g/mol. The third-order valence-electron chi connectivity index (χ3n) is 7.29. The lowest BCUT2D eigenvalue weighted by atomic mass is 9.98. The van der Waals surface area contributed by atoms with Gasteiger partial charge in [0.15, 0.2) is 0 Å². The van der Waals surface area contributed by atoms with Crippen LogP contribution >= 0.6 is 7.92 Å². The zero-order valence-corrected chi connectivity index (χ0v) is 22.8. The summed E-state index contributed by atoms with van der Waals surface area (Å²) in [6, 6.07) is 22.7. The first kappa shape index (κ1) is 26.2. The van der Waals surface area contributed by atoms with E-state index in [1.807, 2.05) is 60.7 Å². The van der Waals surface area contributed by atoms with E-state index in [0.717, 1.165) is 73.5 Å². The number of hydrogen-bond acceptors (Lipinski definition) is 4. The third kappa shape index (κ3) is 6.37. The monoisotopic (exact) mass is 538 g/mol. The van der Waals surface area contributed by atoms with Crippen LogP contribution in [0, 0.1) is 0 Å². The molecule has 0 atom stereocenters. The molecule has 7 heteroatoms. The summed E-state index contributed by atoms with van der Waals surface area (Å²) in [6.45, 7) is 0. The maximum Gasteiger partial charge on any atom is 0.295 e. The topological polar surface area (TPSA) is 72.8 Å². The van der Waals surface area contributed by atoms with Crippen molar-refractivity contribution in [1.29, 1.82) is 0 Å². The molecule has 37 heavy (non-hydrogen) atoms. The van der Waals surface area contributed by atoms with Crippen molar-refractivity contribution >= 4 is 34.0 Å². The van der Waals surface area contributed by atoms with Gasteiger partial charge in [-0.1, -0.05) is 67.4 Å². The molecular formula is C30H35O5PS. The second-order valence-electron chi connectivity index (χ2n) is 9.97. The molecule has 0 amide bonds. The maximum atomic E-state index is 12.5. The van der Waals surface area contributed by atoms with E-state index >= 15 is 0 Å². The van der Waals surface area contributed by atoms with Crippen molar-refractivity contribution in [2.45, 2.75) is 81.3 Å². The smallest absolute Gasteiger partial charge is 0.295 e. The van der Waals surface area contributed by atoms with Gasteiger partial charge in [0.2, 0.25) is 0 Å². The van der Waals surface area contributed by atoms with E-state index in [-0.39, 0.29) is 17.1 Å². The maximum absolute atomic E-state index is 12.5. The van der Waals surface area contributed by atoms with Crippen molar-refractivity contribution in [3.8, 4) is 11.5 Å². The summed E-state index contributed by atoms with van der Waals surface area (Å²) in [6.07, 6.45) is 11.5. The van der Waals surface area contributed by atoms with Crippen LogP contribution in [0.25, 0.3) is 0 Å². The Hall–Kier alpha value is -2.40. The minimum atomic E-state index is -4.44. The molecule has 0 heterocycles. The van der Waals surface area contributed by atoms with E-state index in [9.17, 15) is 13.0 Å². The quantitative estimate of drug-likeness (QED) is 0.277. The van der Waals surface area contributed by atoms with Crippen molar-refractivity contribution < 1.29 is 22.4 Å². The molecule has 3 aromatic carbocycles. The van der Waals surface area contributed by atoms with Gasteiger partial charge in [-0.25, -0.2) is 0 Å². The second-order valence-corrected chi connectivity index (χ2v) is 13.5. The van der Waals surface area contributed by atoms with Crippen LogP contribution in [0.1, 0.15) is 64.2 Å². The third-order valence-corrected chi connectivity index (χ3v) is 10.9. The molecule has 5 nitrogen and oxygen atoms in total. The molecule has 5 rings (SSSR count). The highest BCUT2D eigenvalue weighted by atomic mass is 32.2. The molecule has 0 radical (unpaired) electrons. The first-order chi connectivity index (χ1) is 18.0. The molecule has 3 aromatic rings. The van der Waals surface area contributed by atoms with E-state index in [4.69, 9.17) is 9.47 Å². The first-order valence-electron chi connectivity index (χ1n) is 13.4. The van der Waals surface area contributed by atoms with Gasteiger partial charge in [-0.3, -0.25) is 4.55 Å². The van der Waals surface area contributed by atoms with Crippen molar-refractivity contribution in [3.05, 3.63) is 72.8 Å². The molecule has 0 aromatic heterocycles. The van der Waals surface area contributed by atoms with Crippen LogP contribution in [0.2, 0.25) is 0 Å². The Morgan fingerprint density at radius 2 is 1.00 bits per heavy atom. The highest BCUT2D eigenvalue weighted by molar-refractivity contribution is 7.88. The van der Waals surface area contributed by atoms with Gasteiger partial charge in [-0.15, -0.1) is 0 Å². The van der Waals surface area contributed by atoms with Crippen LogP contribution in [0.3, 0.4) is 0 Å². The SMILES string of the molecule is O=S(=O)(O)c1ccccc1P(c1ccccc1OC1CCCCC1)c1ccccc1OC1CCCCC1. The molecule has 1 N–H and O–H groups in total. The van der Waals surface area contributed by atoms with Gasteiger partial charge in [0, 0.05) is 15.9 Å². The Labute approximate surface area is 221 Å². The molecule has 2 aliphatic carbocycles. The Balaban J connectivity index is 1.64. The lowest BCUT2D eigenvalue weighted by molar-refractivity contribution is 0.156. The van der Waals surface area contributed by atoms with Crippen molar-refractivity contribution in [3.63, 3.8) is 0 Å². The lowest BCUT2D eigenvalue weighted by Gasteiger charge is -2.30. The van der Waals surface area contributed by atoms with Gasteiger partial charge in [0.05, 0.1) is 12.2 Å². The number of ether oxygens (including phenoxy) is 2. The van der Waals surface area contributed by atoms with Crippen LogP contribution in [-0.2, 0) is 10.1 Å². The van der Waals surface area contributed by atoms with Gasteiger partial charge in [0.1, 0.15) is 16.4 Å². The van der Waals surface area contributed by atoms with Gasteiger partial charge >= 0.3 is 0 Å². The Morgan fingerprint density at radius 1 is 0.595 bits per heavy atom. The van der Waals surface area contributed by atoms with E-state index in [1.165, 1.54) is 18.9 Å². The van der Waals surface area contributed by atoms with Crippen LogP contribution in [0.4, 0.5) is 0 Å². The zero-order chi connectivity index (χ0) is 25.7. The van der Waals surface area contributed by atoms with Gasteiger partial charge in [-0.2, -0.15) is 8.42 Å². The van der Waals surface area contributed by atoms with Crippen molar-refractivity contribution in [1.82, 2.24) is 0 Å². The summed E-state index contributed by atoms with van der Waals surface area (Å²) >= 11 is 0. The predicted octanol–water partition coefficient (Wildman–Crippen LogP) is 6.11. The number of hydrogen-bond donors (Lipinski definition) is 1. The average Bonchev–Trinajstić information content (AvgIpc) is 2.92. The normalized spacial score (nSPS) is 17.6. The molecule has 0 unspecified atom stereocenters. The standard InChI is InChI=1S/C30H35O5PS/c31-37(32,33)30-22-12-11-21-29(30)36(27-19-9-7-17-25(27)34-23-13-3-1-4-14-23)28-20-10-8-18-26(28)35-24-15-5-2-6-16-24/h7-12,17-24H,1-6,13-16H2,(H,31,32,33). The molecule has 0 bridgehead atoms. The summed E-state index contributed by atoms with van der Waals surface area (Å²) in [5.41, 5.74) is 0. The summed E-state index contributed by atoms with van der Waals surface area (Å²) in [5, 5.41) is 2.43. The molecule has 2 aliphatic rings.